The summed E-state index contributed by atoms with van der Waals surface area (Å²) in [4.78, 5) is 16.7. The SMILES string of the molecule is N#Cc1ccccc1OCCN1CCN(C(=O)C2CC=CC2)CC1. The number of amides is 1. The van der Waals surface area contributed by atoms with Gasteiger partial charge < -0.3 is 9.64 Å². The minimum absolute atomic E-state index is 0.169. The molecule has 5 nitrogen and oxygen atoms in total. The van der Waals surface area contributed by atoms with Crippen LogP contribution in [0.1, 0.15) is 18.4 Å². The molecule has 1 fully saturated rings. The second-order valence-corrected chi connectivity index (χ2v) is 6.26. The highest BCUT2D eigenvalue weighted by Crippen LogP contribution is 2.21. The van der Waals surface area contributed by atoms with Gasteiger partial charge >= 0.3 is 0 Å². The van der Waals surface area contributed by atoms with Gasteiger partial charge in [0, 0.05) is 38.6 Å². The number of allylic oxidation sites excluding steroid dienone is 2. The van der Waals surface area contributed by atoms with Gasteiger partial charge in [0.05, 0.1) is 5.56 Å². The second-order valence-electron chi connectivity index (χ2n) is 6.26. The number of nitrogens with zero attached hydrogens (tertiary/aromatic N) is 3. The van der Waals surface area contributed by atoms with Gasteiger partial charge in [-0.2, -0.15) is 5.26 Å². The zero-order valence-corrected chi connectivity index (χ0v) is 13.9. The molecule has 1 aliphatic heterocycles. The van der Waals surface area contributed by atoms with E-state index in [-0.39, 0.29) is 5.92 Å². The van der Waals surface area contributed by atoms with Crippen molar-refractivity contribution in [2.75, 3.05) is 39.3 Å². The third-order valence-corrected chi connectivity index (χ3v) is 4.71. The first-order valence-electron chi connectivity index (χ1n) is 8.56. The number of carbonyl (C=O) groups is 1. The summed E-state index contributed by atoms with van der Waals surface area (Å²) in [5.41, 5.74) is 0.568. The average Bonchev–Trinajstić information content (AvgIpc) is 3.17. The third-order valence-electron chi connectivity index (χ3n) is 4.71. The fourth-order valence-corrected chi connectivity index (χ4v) is 3.24. The summed E-state index contributed by atoms with van der Waals surface area (Å²) in [6.45, 7) is 4.73. The van der Waals surface area contributed by atoms with E-state index in [9.17, 15) is 4.79 Å². The highest BCUT2D eigenvalue weighted by molar-refractivity contribution is 5.79. The molecule has 1 heterocycles. The number of hydrogen-bond acceptors (Lipinski definition) is 4. The van der Waals surface area contributed by atoms with Crippen molar-refractivity contribution in [1.82, 2.24) is 9.80 Å². The van der Waals surface area contributed by atoms with Crippen molar-refractivity contribution in [3.05, 3.63) is 42.0 Å². The van der Waals surface area contributed by atoms with Gasteiger partial charge in [0.2, 0.25) is 5.91 Å². The molecule has 1 saturated heterocycles. The quantitative estimate of drug-likeness (QED) is 0.778. The highest BCUT2D eigenvalue weighted by atomic mass is 16.5. The van der Waals surface area contributed by atoms with E-state index in [2.05, 4.69) is 23.1 Å². The molecular formula is C19H23N3O2. The maximum absolute atomic E-state index is 12.4. The fourth-order valence-electron chi connectivity index (χ4n) is 3.24. The highest BCUT2D eigenvalue weighted by Gasteiger charge is 2.27. The lowest BCUT2D eigenvalue weighted by Crippen LogP contribution is -2.50. The summed E-state index contributed by atoms with van der Waals surface area (Å²) >= 11 is 0. The van der Waals surface area contributed by atoms with E-state index in [0.29, 0.717) is 23.8 Å². The number of piperazine rings is 1. The Hall–Kier alpha value is -2.32. The molecule has 0 aromatic heterocycles. The van der Waals surface area contributed by atoms with Gasteiger partial charge in [-0.25, -0.2) is 0 Å². The maximum atomic E-state index is 12.4. The van der Waals surface area contributed by atoms with Crippen LogP contribution >= 0.6 is 0 Å². The van der Waals surface area contributed by atoms with Crippen LogP contribution in [0, 0.1) is 17.2 Å². The zero-order chi connectivity index (χ0) is 16.8. The Labute approximate surface area is 143 Å². The summed E-state index contributed by atoms with van der Waals surface area (Å²) in [6, 6.07) is 9.44. The number of rotatable bonds is 5. The van der Waals surface area contributed by atoms with E-state index >= 15 is 0 Å². The van der Waals surface area contributed by atoms with E-state index in [1.807, 2.05) is 23.1 Å². The topological polar surface area (TPSA) is 56.6 Å². The van der Waals surface area contributed by atoms with Crippen molar-refractivity contribution in [1.29, 1.82) is 5.26 Å². The minimum Gasteiger partial charge on any atom is -0.491 e. The lowest BCUT2D eigenvalue weighted by Gasteiger charge is -2.35. The number of benzene rings is 1. The number of hydrogen-bond donors (Lipinski definition) is 0. The van der Waals surface area contributed by atoms with Gasteiger partial charge in [-0.05, 0) is 25.0 Å². The van der Waals surface area contributed by atoms with Gasteiger partial charge in [-0.15, -0.1) is 0 Å². The van der Waals surface area contributed by atoms with Crippen LogP contribution in [0.3, 0.4) is 0 Å². The first-order chi connectivity index (χ1) is 11.8. The van der Waals surface area contributed by atoms with Crippen LogP contribution in [0.15, 0.2) is 36.4 Å². The number of para-hydroxylation sites is 1. The Balaban J connectivity index is 1.39. The Bertz CT molecular complexity index is 634. The lowest BCUT2D eigenvalue weighted by molar-refractivity contribution is -0.137. The van der Waals surface area contributed by atoms with Crippen LogP contribution in [0.4, 0.5) is 0 Å². The third kappa shape index (κ3) is 3.95. The van der Waals surface area contributed by atoms with Crippen molar-refractivity contribution < 1.29 is 9.53 Å². The molecule has 1 aromatic carbocycles. The van der Waals surface area contributed by atoms with E-state index in [1.54, 1.807) is 6.07 Å². The molecule has 0 unspecified atom stereocenters. The van der Waals surface area contributed by atoms with E-state index in [4.69, 9.17) is 10.00 Å². The van der Waals surface area contributed by atoms with Gasteiger partial charge in [0.25, 0.3) is 0 Å². The summed E-state index contributed by atoms with van der Waals surface area (Å²) in [7, 11) is 0. The molecule has 0 N–H and O–H groups in total. The Morgan fingerprint density at radius 2 is 1.88 bits per heavy atom. The van der Waals surface area contributed by atoms with Crippen LogP contribution in [-0.2, 0) is 4.79 Å². The fraction of sp³-hybridized carbons (Fsp3) is 0.474. The minimum atomic E-state index is 0.169. The maximum Gasteiger partial charge on any atom is 0.226 e. The van der Waals surface area contributed by atoms with Crippen molar-refractivity contribution in [3.63, 3.8) is 0 Å². The van der Waals surface area contributed by atoms with Crippen molar-refractivity contribution >= 4 is 5.91 Å². The molecule has 24 heavy (non-hydrogen) atoms. The summed E-state index contributed by atoms with van der Waals surface area (Å²) in [5.74, 6) is 1.11. The molecule has 0 spiro atoms. The van der Waals surface area contributed by atoms with Crippen molar-refractivity contribution in [3.8, 4) is 11.8 Å². The zero-order valence-electron chi connectivity index (χ0n) is 13.9. The van der Waals surface area contributed by atoms with Crippen LogP contribution in [-0.4, -0.2) is 55.0 Å². The largest absolute Gasteiger partial charge is 0.491 e. The first kappa shape index (κ1) is 16.5. The van der Waals surface area contributed by atoms with E-state index in [0.717, 1.165) is 45.6 Å². The molecule has 126 valence electrons. The van der Waals surface area contributed by atoms with Crippen LogP contribution in [0.5, 0.6) is 5.75 Å². The van der Waals surface area contributed by atoms with Gasteiger partial charge in [-0.3, -0.25) is 9.69 Å². The molecule has 2 aliphatic rings. The Morgan fingerprint density at radius 1 is 1.17 bits per heavy atom. The van der Waals surface area contributed by atoms with Crippen LogP contribution < -0.4 is 4.74 Å². The lowest BCUT2D eigenvalue weighted by atomic mass is 10.1. The van der Waals surface area contributed by atoms with Gasteiger partial charge in [0.1, 0.15) is 18.4 Å². The van der Waals surface area contributed by atoms with Crippen molar-refractivity contribution in [2.45, 2.75) is 12.8 Å². The molecule has 1 amide bonds. The summed E-state index contributed by atoms with van der Waals surface area (Å²) in [5, 5.41) is 9.06. The van der Waals surface area contributed by atoms with Gasteiger partial charge in [0.15, 0.2) is 0 Å². The molecule has 0 atom stereocenters. The average molecular weight is 325 g/mol. The van der Waals surface area contributed by atoms with Crippen molar-refractivity contribution in [2.24, 2.45) is 5.92 Å². The molecule has 1 aliphatic carbocycles. The molecule has 1 aromatic rings. The van der Waals surface area contributed by atoms with E-state index in [1.165, 1.54) is 0 Å². The summed E-state index contributed by atoms with van der Waals surface area (Å²) < 4.78 is 5.73. The predicted molar refractivity (Wildman–Crippen MR) is 91.5 cm³/mol. The van der Waals surface area contributed by atoms with Gasteiger partial charge in [-0.1, -0.05) is 24.3 Å². The molecular weight excluding hydrogens is 302 g/mol. The predicted octanol–water partition coefficient (Wildman–Crippen LogP) is 2.05. The number of carbonyl (C=O) groups excluding carboxylic acids is 1. The Kier molecular flexibility index (Phi) is 5.50. The standard InChI is InChI=1S/C19H23N3O2/c20-15-17-7-3-4-8-18(17)24-14-13-21-9-11-22(12-10-21)19(23)16-5-1-2-6-16/h1-4,7-8,16H,5-6,9-14H2. The number of ether oxygens (including phenoxy) is 1. The molecule has 0 bridgehead atoms. The molecule has 0 saturated carbocycles. The normalized spacial score (nSPS) is 18.5. The molecule has 3 rings (SSSR count). The smallest absolute Gasteiger partial charge is 0.226 e. The Morgan fingerprint density at radius 3 is 2.58 bits per heavy atom. The molecule has 0 radical (unpaired) electrons. The number of nitriles is 1. The first-order valence-corrected chi connectivity index (χ1v) is 8.56. The monoisotopic (exact) mass is 325 g/mol. The van der Waals surface area contributed by atoms with Crippen LogP contribution in [0.25, 0.3) is 0 Å². The second kappa shape index (κ2) is 7.98. The molecule has 5 heteroatoms. The summed E-state index contributed by atoms with van der Waals surface area (Å²) in [6.07, 6.45) is 6.00. The van der Waals surface area contributed by atoms with E-state index < -0.39 is 0 Å². The van der Waals surface area contributed by atoms with Crippen LogP contribution in [0.2, 0.25) is 0 Å².